The van der Waals surface area contributed by atoms with Crippen molar-refractivity contribution >= 4 is 23.7 Å². The highest BCUT2D eigenvalue weighted by Gasteiger charge is 2.23. The summed E-state index contributed by atoms with van der Waals surface area (Å²) >= 11 is 3.67. The van der Waals surface area contributed by atoms with Crippen LogP contribution >= 0.6 is 12.6 Å². The molecule has 0 aromatic carbocycles. The molecule has 4 nitrogen and oxygen atoms in total. The Kier molecular flexibility index (Phi) is 6.78. The Balaban J connectivity index is 4.03. The molecule has 100 valence electrons. The predicted molar refractivity (Wildman–Crippen MR) is 70.8 cm³/mol. The standard InChI is InChI=1S/C12H23NO3S/c1-8(11(15)16-12(2,3)4)7-9(13)5-6-10(14)17/h8-9H,5-7,13H2,1-4H3,(H,14,17)/t8-,9-/m1/s1. The maximum atomic E-state index is 11.7. The van der Waals surface area contributed by atoms with Crippen LogP contribution in [0.2, 0.25) is 0 Å². The summed E-state index contributed by atoms with van der Waals surface area (Å²) in [6, 6.07) is -0.173. The maximum Gasteiger partial charge on any atom is 0.309 e. The second-order valence-electron chi connectivity index (χ2n) is 5.36. The third kappa shape index (κ3) is 9.18. The Bertz CT molecular complexity index is 273. The summed E-state index contributed by atoms with van der Waals surface area (Å²) < 4.78 is 5.25. The summed E-state index contributed by atoms with van der Waals surface area (Å²) in [6.45, 7) is 7.28. The minimum absolute atomic E-state index is 0.173. The first-order chi connectivity index (χ1) is 7.61. The van der Waals surface area contributed by atoms with E-state index in [1.54, 1.807) is 6.92 Å². The zero-order valence-electron chi connectivity index (χ0n) is 11.0. The van der Waals surface area contributed by atoms with Crippen molar-refractivity contribution < 1.29 is 14.3 Å². The fourth-order valence-corrected chi connectivity index (χ4v) is 1.51. The molecule has 0 aliphatic heterocycles. The molecule has 0 aliphatic carbocycles. The molecule has 0 fully saturated rings. The van der Waals surface area contributed by atoms with Crippen LogP contribution in [-0.2, 0) is 14.3 Å². The van der Waals surface area contributed by atoms with Gasteiger partial charge in [-0.2, -0.15) is 0 Å². The minimum atomic E-state index is -0.476. The molecule has 0 saturated carbocycles. The SMILES string of the molecule is C[C@H](C[C@H](N)CCC(=O)S)C(=O)OC(C)(C)C. The van der Waals surface area contributed by atoms with Crippen molar-refractivity contribution in [1.29, 1.82) is 0 Å². The van der Waals surface area contributed by atoms with Gasteiger partial charge in [-0.25, -0.2) is 0 Å². The largest absolute Gasteiger partial charge is 0.460 e. The van der Waals surface area contributed by atoms with Crippen LogP contribution in [0.1, 0.15) is 47.0 Å². The molecule has 2 atom stereocenters. The molecule has 0 amide bonds. The van der Waals surface area contributed by atoms with Crippen LogP contribution in [0.25, 0.3) is 0 Å². The van der Waals surface area contributed by atoms with E-state index in [0.29, 0.717) is 19.3 Å². The normalized spacial score (nSPS) is 15.2. The molecule has 17 heavy (non-hydrogen) atoms. The lowest BCUT2D eigenvalue weighted by atomic mass is 9.99. The van der Waals surface area contributed by atoms with Gasteiger partial charge < -0.3 is 10.5 Å². The van der Waals surface area contributed by atoms with E-state index in [9.17, 15) is 9.59 Å². The summed E-state index contributed by atoms with van der Waals surface area (Å²) in [5, 5.41) is -0.176. The van der Waals surface area contributed by atoms with Crippen LogP contribution in [0.3, 0.4) is 0 Å². The van der Waals surface area contributed by atoms with Crippen molar-refractivity contribution in [2.45, 2.75) is 58.6 Å². The third-order valence-electron chi connectivity index (χ3n) is 2.19. The lowest BCUT2D eigenvalue weighted by Gasteiger charge is -2.23. The smallest absolute Gasteiger partial charge is 0.309 e. The average Bonchev–Trinajstić information content (AvgIpc) is 2.11. The first-order valence-corrected chi connectivity index (χ1v) is 6.26. The van der Waals surface area contributed by atoms with Gasteiger partial charge in [-0.3, -0.25) is 9.59 Å². The van der Waals surface area contributed by atoms with Gasteiger partial charge in [0.05, 0.1) is 5.92 Å². The van der Waals surface area contributed by atoms with Crippen LogP contribution < -0.4 is 5.73 Å². The fourth-order valence-electron chi connectivity index (χ4n) is 1.38. The number of thiol groups is 1. The third-order valence-corrected chi connectivity index (χ3v) is 2.42. The Morgan fingerprint density at radius 3 is 2.29 bits per heavy atom. The molecule has 0 aromatic heterocycles. The lowest BCUT2D eigenvalue weighted by molar-refractivity contribution is -0.159. The van der Waals surface area contributed by atoms with E-state index in [0.717, 1.165) is 0 Å². The molecule has 0 aliphatic rings. The first-order valence-electron chi connectivity index (χ1n) is 5.82. The predicted octanol–water partition coefficient (Wildman–Crippen LogP) is 1.92. The van der Waals surface area contributed by atoms with Gasteiger partial charge in [0.1, 0.15) is 5.60 Å². The lowest BCUT2D eigenvalue weighted by Crippen LogP contribution is -2.31. The van der Waals surface area contributed by atoms with E-state index in [4.69, 9.17) is 10.5 Å². The van der Waals surface area contributed by atoms with E-state index in [-0.39, 0.29) is 23.0 Å². The number of carbonyl (C=O) groups excluding carboxylic acids is 2. The Morgan fingerprint density at radius 2 is 1.88 bits per heavy atom. The van der Waals surface area contributed by atoms with Crippen LogP contribution in [0, 0.1) is 5.92 Å². The Hall–Kier alpha value is -0.550. The van der Waals surface area contributed by atoms with Gasteiger partial charge in [0.15, 0.2) is 5.12 Å². The van der Waals surface area contributed by atoms with Gasteiger partial charge in [-0.05, 0) is 33.6 Å². The van der Waals surface area contributed by atoms with Gasteiger partial charge in [0.25, 0.3) is 0 Å². The van der Waals surface area contributed by atoms with Gasteiger partial charge >= 0.3 is 5.97 Å². The fraction of sp³-hybridized carbons (Fsp3) is 0.833. The van der Waals surface area contributed by atoms with Crippen LogP contribution in [0.15, 0.2) is 0 Å². The van der Waals surface area contributed by atoms with Crippen LogP contribution in [0.5, 0.6) is 0 Å². The molecule has 0 aromatic rings. The van der Waals surface area contributed by atoms with E-state index in [1.165, 1.54) is 0 Å². The monoisotopic (exact) mass is 261 g/mol. The number of hydrogen-bond donors (Lipinski definition) is 2. The number of hydrogen-bond acceptors (Lipinski definition) is 4. The average molecular weight is 261 g/mol. The Labute approximate surface area is 109 Å². The minimum Gasteiger partial charge on any atom is -0.460 e. The number of carbonyl (C=O) groups is 2. The summed E-state index contributed by atoms with van der Waals surface area (Å²) in [7, 11) is 0. The molecule has 2 N–H and O–H groups in total. The molecule has 0 heterocycles. The van der Waals surface area contributed by atoms with Crippen molar-refractivity contribution in [3.63, 3.8) is 0 Å². The summed E-state index contributed by atoms with van der Waals surface area (Å²) in [6.07, 6.45) is 1.41. The van der Waals surface area contributed by atoms with Gasteiger partial charge in [-0.15, -0.1) is 12.6 Å². The topological polar surface area (TPSA) is 69.4 Å². The molecular formula is C12H23NO3S. The van der Waals surface area contributed by atoms with Gasteiger partial charge in [0, 0.05) is 12.5 Å². The summed E-state index contributed by atoms with van der Waals surface area (Å²) in [5.74, 6) is -0.496. The van der Waals surface area contributed by atoms with Gasteiger partial charge in [0.2, 0.25) is 0 Å². The van der Waals surface area contributed by atoms with E-state index in [1.807, 2.05) is 20.8 Å². The second kappa shape index (κ2) is 7.01. The van der Waals surface area contributed by atoms with Crippen molar-refractivity contribution in [2.75, 3.05) is 0 Å². The number of rotatable bonds is 6. The van der Waals surface area contributed by atoms with E-state index < -0.39 is 5.60 Å². The molecule has 0 saturated heterocycles. The highest BCUT2D eigenvalue weighted by Crippen LogP contribution is 2.15. The molecule has 0 rings (SSSR count). The number of ether oxygens (including phenoxy) is 1. The maximum absolute atomic E-state index is 11.7. The molecular weight excluding hydrogens is 238 g/mol. The highest BCUT2D eigenvalue weighted by atomic mass is 32.1. The second-order valence-corrected chi connectivity index (χ2v) is 5.86. The molecule has 0 spiro atoms. The Morgan fingerprint density at radius 1 is 1.35 bits per heavy atom. The number of esters is 1. The van der Waals surface area contributed by atoms with Crippen molar-refractivity contribution in [3.8, 4) is 0 Å². The van der Waals surface area contributed by atoms with Crippen molar-refractivity contribution in [3.05, 3.63) is 0 Å². The summed E-state index contributed by atoms with van der Waals surface area (Å²) in [4.78, 5) is 22.3. The summed E-state index contributed by atoms with van der Waals surface area (Å²) in [5.41, 5.74) is 5.35. The van der Waals surface area contributed by atoms with Crippen molar-refractivity contribution in [1.82, 2.24) is 0 Å². The zero-order valence-corrected chi connectivity index (χ0v) is 11.9. The highest BCUT2D eigenvalue weighted by molar-refractivity contribution is 7.96. The zero-order chi connectivity index (χ0) is 13.6. The molecule has 0 unspecified atom stereocenters. The van der Waals surface area contributed by atoms with Crippen molar-refractivity contribution in [2.24, 2.45) is 11.7 Å². The molecule has 5 heteroatoms. The molecule has 0 bridgehead atoms. The van der Waals surface area contributed by atoms with Crippen LogP contribution in [-0.4, -0.2) is 22.7 Å². The first kappa shape index (κ1) is 16.4. The quantitative estimate of drug-likeness (QED) is 0.566. The van der Waals surface area contributed by atoms with Crippen LogP contribution in [0.4, 0.5) is 0 Å². The van der Waals surface area contributed by atoms with Gasteiger partial charge in [-0.1, -0.05) is 6.92 Å². The van der Waals surface area contributed by atoms with E-state index >= 15 is 0 Å². The molecule has 0 radical (unpaired) electrons. The van der Waals surface area contributed by atoms with E-state index in [2.05, 4.69) is 12.6 Å². The number of nitrogens with two attached hydrogens (primary N) is 1.